The first-order valence-electron chi connectivity index (χ1n) is 11.0. The molecule has 3 aromatic carbocycles. The van der Waals surface area contributed by atoms with Gasteiger partial charge in [-0.3, -0.25) is 19.6 Å². The van der Waals surface area contributed by atoms with Crippen LogP contribution in [0, 0.1) is 0 Å². The fraction of sp³-hybridized carbons (Fsp3) is 0.192. The summed E-state index contributed by atoms with van der Waals surface area (Å²) in [4.78, 5) is 36.4. The zero-order valence-electron chi connectivity index (χ0n) is 19.1. The van der Waals surface area contributed by atoms with Crippen LogP contribution in [0.25, 0.3) is 11.1 Å². The van der Waals surface area contributed by atoms with Crippen molar-refractivity contribution >= 4 is 23.4 Å². The molecule has 0 aliphatic heterocycles. The molecular formula is C26H28N4O5. The molecule has 35 heavy (non-hydrogen) atoms. The van der Waals surface area contributed by atoms with Crippen LogP contribution in [0.2, 0.25) is 0 Å². The second-order valence-corrected chi connectivity index (χ2v) is 8.11. The third kappa shape index (κ3) is 6.97. The molecule has 3 aromatic rings. The molecule has 7 N–H and O–H groups in total. The summed E-state index contributed by atoms with van der Waals surface area (Å²) in [6.45, 7) is 1.33. The summed E-state index contributed by atoms with van der Waals surface area (Å²) in [6, 6.07) is 21.4. The minimum Gasteiger partial charge on any atom is -0.391 e. The first-order chi connectivity index (χ1) is 16.8. The minimum atomic E-state index is -1.30. The molecule has 0 radical (unpaired) electrons. The number of aliphatic hydroxyl groups is 1. The van der Waals surface area contributed by atoms with Crippen LogP contribution < -0.4 is 21.8 Å². The third-order valence-electron chi connectivity index (χ3n) is 5.43. The van der Waals surface area contributed by atoms with E-state index in [1.807, 2.05) is 42.5 Å². The summed E-state index contributed by atoms with van der Waals surface area (Å²) < 4.78 is 0. The lowest BCUT2D eigenvalue weighted by Crippen LogP contribution is -2.51. The molecule has 182 valence electrons. The maximum absolute atomic E-state index is 12.4. The van der Waals surface area contributed by atoms with Crippen LogP contribution in [0.5, 0.6) is 0 Å². The van der Waals surface area contributed by atoms with E-state index in [4.69, 9.17) is 10.9 Å². The lowest BCUT2D eigenvalue weighted by atomic mass is 10.0. The van der Waals surface area contributed by atoms with E-state index < -0.39 is 30.0 Å². The summed E-state index contributed by atoms with van der Waals surface area (Å²) in [5.41, 5.74) is 11.0. The van der Waals surface area contributed by atoms with Crippen LogP contribution in [-0.2, 0) is 16.0 Å². The standard InChI is InChI=1S/C26H28N4O5/c1-16(31)23(26(34)30-35)29-24(32)20-9-7-18(8-10-20)19-11-13-21(14-12-19)28-25(33)22(27)15-17-5-3-2-4-6-17/h2-14,16,22-23,31,35H,15,27H2,1H3,(H,28,33)(H,29,32)(H,30,34)/t16-,22+,23+/m1/s1. The maximum atomic E-state index is 12.4. The predicted molar refractivity (Wildman–Crippen MR) is 131 cm³/mol. The van der Waals surface area contributed by atoms with Crippen LogP contribution in [-0.4, -0.2) is 46.2 Å². The fourth-order valence-electron chi connectivity index (χ4n) is 3.46. The third-order valence-corrected chi connectivity index (χ3v) is 5.43. The van der Waals surface area contributed by atoms with Crippen molar-refractivity contribution in [3.05, 3.63) is 90.0 Å². The molecule has 0 aliphatic carbocycles. The molecule has 0 bridgehead atoms. The first-order valence-corrected chi connectivity index (χ1v) is 11.0. The predicted octanol–water partition coefficient (Wildman–Crippen LogP) is 1.85. The molecule has 3 atom stereocenters. The van der Waals surface area contributed by atoms with Gasteiger partial charge >= 0.3 is 0 Å². The highest BCUT2D eigenvalue weighted by Gasteiger charge is 2.25. The van der Waals surface area contributed by atoms with Gasteiger partial charge in [-0.2, -0.15) is 0 Å². The van der Waals surface area contributed by atoms with Crippen molar-refractivity contribution in [2.24, 2.45) is 5.73 Å². The number of hydroxylamine groups is 1. The van der Waals surface area contributed by atoms with E-state index in [1.54, 1.807) is 36.4 Å². The summed E-state index contributed by atoms with van der Waals surface area (Å²) >= 11 is 0. The second-order valence-electron chi connectivity index (χ2n) is 8.11. The number of nitrogens with two attached hydrogens (primary N) is 1. The molecule has 0 heterocycles. The number of carbonyl (C=O) groups is 3. The van der Waals surface area contributed by atoms with Crippen molar-refractivity contribution in [1.29, 1.82) is 0 Å². The normalized spacial score (nSPS) is 13.3. The average molecular weight is 477 g/mol. The highest BCUT2D eigenvalue weighted by Crippen LogP contribution is 2.22. The summed E-state index contributed by atoms with van der Waals surface area (Å²) in [7, 11) is 0. The Morgan fingerprint density at radius 3 is 1.97 bits per heavy atom. The molecule has 0 unspecified atom stereocenters. The molecule has 3 rings (SSSR count). The summed E-state index contributed by atoms with van der Waals surface area (Å²) in [5, 5.41) is 23.6. The number of benzene rings is 3. The number of anilines is 1. The molecule has 0 saturated heterocycles. The number of amides is 3. The Hall–Kier alpha value is -4.05. The Balaban J connectivity index is 1.60. The number of hydrogen-bond acceptors (Lipinski definition) is 6. The molecule has 3 amide bonds. The quantitative estimate of drug-likeness (QED) is 0.205. The van der Waals surface area contributed by atoms with Gasteiger partial charge in [0.15, 0.2) is 0 Å². The summed E-state index contributed by atoms with van der Waals surface area (Å²) in [5.74, 6) is -1.77. The molecular weight excluding hydrogens is 448 g/mol. The van der Waals surface area contributed by atoms with Crippen molar-refractivity contribution in [3.63, 3.8) is 0 Å². The van der Waals surface area contributed by atoms with Crippen LogP contribution in [0.4, 0.5) is 5.69 Å². The molecule has 0 fully saturated rings. The van der Waals surface area contributed by atoms with E-state index in [9.17, 15) is 19.5 Å². The van der Waals surface area contributed by atoms with Crippen molar-refractivity contribution in [1.82, 2.24) is 10.8 Å². The molecule has 0 saturated carbocycles. The molecule has 0 aromatic heterocycles. The van der Waals surface area contributed by atoms with Gasteiger partial charge in [0.1, 0.15) is 6.04 Å². The van der Waals surface area contributed by atoms with Crippen LogP contribution in [0.3, 0.4) is 0 Å². The van der Waals surface area contributed by atoms with Crippen LogP contribution in [0.1, 0.15) is 22.8 Å². The molecule has 0 spiro atoms. The maximum Gasteiger partial charge on any atom is 0.268 e. The topological polar surface area (TPSA) is 154 Å². The fourth-order valence-corrected chi connectivity index (χ4v) is 3.46. The van der Waals surface area contributed by atoms with Gasteiger partial charge in [-0.05, 0) is 54.3 Å². The Morgan fingerprint density at radius 2 is 1.43 bits per heavy atom. The Labute approximate surface area is 202 Å². The minimum absolute atomic E-state index is 0.276. The largest absolute Gasteiger partial charge is 0.391 e. The van der Waals surface area contributed by atoms with E-state index in [0.29, 0.717) is 12.1 Å². The lowest BCUT2D eigenvalue weighted by Gasteiger charge is -2.19. The van der Waals surface area contributed by atoms with E-state index in [0.717, 1.165) is 16.7 Å². The number of hydrogen-bond donors (Lipinski definition) is 6. The number of rotatable bonds is 9. The zero-order valence-corrected chi connectivity index (χ0v) is 19.1. The first kappa shape index (κ1) is 25.6. The second kappa shape index (κ2) is 11.9. The van der Waals surface area contributed by atoms with Gasteiger partial charge in [-0.25, -0.2) is 5.48 Å². The van der Waals surface area contributed by atoms with Gasteiger partial charge in [0.2, 0.25) is 5.91 Å². The number of aliphatic hydroxyl groups excluding tert-OH is 1. The monoisotopic (exact) mass is 476 g/mol. The number of nitrogens with one attached hydrogen (secondary N) is 3. The van der Waals surface area contributed by atoms with E-state index >= 15 is 0 Å². The van der Waals surface area contributed by atoms with E-state index in [-0.39, 0.29) is 11.5 Å². The molecule has 9 heteroatoms. The van der Waals surface area contributed by atoms with Crippen LogP contribution >= 0.6 is 0 Å². The SMILES string of the molecule is C[C@@H](O)[C@H](NC(=O)c1ccc(-c2ccc(NC(=O)[C@@H](N)Cc3ccccc3)cc2)cc1)C(=O)NO. The highest BCUT2D eigenvalue weighted by atomic mass is 16.5. The Bertz CT molecular complexity index is 1150. The summed E-state index contributed by atoms with van der Waals surface area (Å²) in [6.07, 6.45) is -0.759. The van der Waals surface area contributed by atoms with E-state index in [2.05, 4.69) is 10.6 Å². The molecule has 0 aliphatic rings. The van der Waals surface area contributed by atoms with Gasteiger partial charge < -0.3 is 21.5 Å². The van der Waals surface area contributed by atoms with Gasteiger partial charge in [0.25, 0.3) is 11.8 Å². The van der Waals surface area contributed by atoms with Crippen molar-refractivity contribution < 1.29 is 24.7 Å². The smallest absolute Gasteiger partial charge is 0.268 e. The van der Waals surface area contributed by atoms with Gasteiger partial charge in [0, 0.05) is 11.3 Å². The van der Waals surface area contributed by atoms with Crippen LogP contribution in [0.15, 0.2) is 78.9 Å². The van der Waals surface area contributed by atoms with Crippen molar-refractivity contribution in [2.45, 2.75) is 31.5 Å². The van der Waals surface area contributed by atoms with Crippen molar-refractivity contribution in [3.8, 4) is 11.1 Å². The van der Waals surface area contributed by atoms with Gasteiger partial charge in [0.05, 0.1) is 12.1 Å². The lowest BCUT2D eigenvalue weighted by molar-refractivity contribution is -0.133. The number of carbonyl (C=O) groups excluding carboxylic acids is 3. The highest BCUT2D eigenvalue weighted by molar-refractivity contribution is 5.98. The average Bonchev–Trinajstić information content (AvgIpc) is 2.87. The van der Waals surface area contributed by atoms with Gasteiger partial charge in [-0.15, -0.1) is 0 Å². The Kier molecular flexibility index (Phi) is 8.69. The van der Waals surface area contributed by atoms with Gasteiger partial charge in [-0.1, -0.05) is 54.6 Å². The van der Waals surface area contributed by atoms with E-state index in [1.165, 1.54) is 12.4 Å². The molecule has 9 nitrogen and oxygen atoms in total. The zero-order chi connectivity index (χ0) is 25.4. The van der Waals surface area contributed by atoms with Crippen molar-refractivity contribution in [2.75, 3.05) is 5.32 Å². The Morgan fingerprint density at radius 1 is 0.857 bits per heavy atom.